The fourth-order valence-corrected chi connectivity index (χ4v) is 2.16. The Kier molecular flexibility index (Phi) is 2.77. The molecule has 82 valence electrons. The molecule has 0 amide bonds. The van der Waals surface area contributed by atoms with Crippen molar-refractivity contribution in [2.45, 2.75) is 38.1 Å². The van der Waals surface area contributed by atoms with Gasteiger partial charge in [-0.3, -0.25) is 0 Å². The quantitative estimate of drug-likeness (QED) is 0.887. The van der Waals surface area contributed by atoms with Gasteiger partial charge in [0.05, 0.1) is 4.47 Å². The van der Waals surface area contributed by atoms with Crippen molar-refractivity contribution in [3.05, 3.63) is 27.7 Å². The number of rotatable bonds is 3. The lowest BCUT2D eigenvalue weighted by molar-refractivity contribution is 0.471. The molecule has 1 aromatic carbocycles. The largest absolute Gasteiger partial charge is 0.507 e. The van der Waals surface area contributed by atoms with Crippen LogP contribution in [0.2, 0.25) is 0 Å². The van der Waals surface area contributed by atoms with E-state index < -0.39 is 0 Å². The third kappa shape index (κ3) is 2.52. The van der Waals surface area contributed by atoms with E-state index >= 15 is 0 Å². The monoisotopic (exact) mass is 269 g/mol. The number of halogens is 1. The van der Waals surface area contributed by atoms with Gasteiger partial charge in [-0.15, -0.1) is 0 Å². The average molecular weight is 270 g/mol. The Morgan fingerprint density at radius 2 is 2.13 bits per heavy atom. The first-order chi connectivity index (χ1) is 7.00. The third-order valence-corrected chi connectivity index (χ3v) is 3.82. The van der Waals surface area contributed by atoms with Crippen molar-refractivity contribution in [3.63, 3.8) is 0 Å². The number of hydrogen-bond acceptors (Lipinski definition) is 2. The van der Waals surface area contributed by atoms with Crippen LogP contribution in [-0.2, 0) is 6.42 Å². The summed E-state index contributed by atoms with van der Waals surface area (Å²) in [5.41, 5.74) is 8.57. The molecular weight excluding hydrogens is 254 g/mol. The van der Waals surface area contributed by atoms with Gasteiger partial charge in [0.15, 0.2) is 0 Å². The molecule has 0 saturated heterocycles. The minimum Gasteiger partial charge on any atom is -0.507 e. The summed E-state index contributed by atoms with van der Waals surface area (Å²) < 4.78 is 0.768. The predicted octanol–water partition coefficient (Wildman–Crippen LogP) is 2.89. The summed E-state index contributed by atoms with van der Waals surface area (Å²) in [6, 6.07) is 3.80. The van der Waals surface area contributed by atoms with Gasteiger partial charge >= 0.3 is 0 Å². The molecule has 2 rings (SSSR count). The molecular formula is C12H16BrNO. The van der Waals surface area contributed by atoms with Crippen LogP contribution < -0.4 is 5.73 Å². The lowest BCUT2D eigenvalue weighted by Gasteiger charge is -2.11. The van der Waals surface area contributed by atoms with Gasteiger partial charge in [0.25, 0.3) is 0 Å². The van der Waals surface area contributed by atoms with Crippen LogP contribution in [0.15, 0.2) is 16.6 Å². The second-order valence-corrected chi connectivity index (χ2v) is 5.45. The molecule has 0 atom stereocenters. The number of phenols is 1. The van der Waals surface area contributed by atoms with Gasteiger partial charge in [-0.1, -0.05) is 0 Å². The van der Waals surface area contributed by atoms with E-state index in [-0.39, 0.29) is 5.54 Å². The summed E-state index contributed by atoms with van der Waals surface area (Å²) in [5.74, 6) is 0.310. The van der Waals surface area contributed by atoms with Crippen LogP contribution in [0.5, 0.6) is 5.75 Å². The highest BCUT2D eigenvalue weighted by atomic mass is 79.9. The highest BCUT2D eigenvalue weighted by Gasteiger charge is 2.37. The number of phenolic OH excluding ortho intramolecular Hbond substituents is 1. The molecule has 2 nitrogen and oxygen atoms in total. The summed E-state index contributed by atoms with van der Waals surface area (Å²) in [6.45, 7) is 2.03. The summed E-state index contributed by atoms with van der Waals surface area (Å²) in [6.07, 6.45) is 4.36. The van der Waals surface area contributed by atoms with E-state index in [2.05, 4.69) is 15.9 Å². The van der Waals surface area contributed by atoms with Crippen molar-refractivity contribution in [1.82, 2.24) is 0 Å². The van der Waals surface area contributed by atoms with Gasteiger partial charge in [-0.05, 0) is 71.8 Å². The first-order valence-electron chi connectivity index (χ1n) is 5.27. The molecule has 0 spiro atoms. The van der Waals surface area contributed by atoms with Crippen LogP contribution in [0.1, 0.15) is 30.4 Å². The molecule has 1 aromatic rings. The zero-order valence-corrected chi connectivity index (χ0v) is 10.5. The van der Waals surface area contributed by atoms with Crippen molar-refractivity contribution < 1.29 is 5.11 Å². The van der Waals surface area contributed by atoms with Crippen molar-refractivity contribution >= 4 is 15.9 Å². The van der Waals surface area contributed by atoms with Crippen LogP contribution in [-0.4, -0.2) is 10.6 Å². The summed E-state index contributed by atoms with van der Waals surface area (Å²) >= 11 is 3.34. The van der Waals surface area contributed by atoms with E-state index in [0.717, 1.165) is 35.7 Å². The normalized spacial score (nSPS) is 17.8. The van der Waals surface area contributed by atoms with Crippen LogP contribution >= 0.6 is 15.9 Å². The highest BCUT2D eigenvalue weighted by molar-refractivity contribution is 9.10. The molecule has 1 fully saturated rings. The first-order valence-corrected chi connectivity index (χ1v) is 6.06. The molecule has 15 heavy (non-hydrogen) atoms. The number of benzene rings is 1. The second kappa shape index (κ2) is 3.80. The standard InChI is InChI=1S/C12H16BrNO/c1-8-6-11(15)10(13)7-9(8)2-3-12(14)4-5-12/h6-7,15H,2-5,14H2,1H3. The minimum absolute atomic E-state index is 0.108. The van der Waals surface area contributed by atoms with E-state index in [9.17, 15) is 5.11 Å². The molecule has 3 heteroatoms. The summed E-state index contributed by atoms with van der Waals surface area (Å²) in [7, 11) is 0. The van der Waals surface area contributed by atoms with Crippen LogP contribution in [0, 0.1) is 6.92 Å². The van der Waals surface area contributed by atoms with E-state index in [1.807, 2.05) is 13.0 Å². The van der Waals surface area contributed by atoms with Gasteiger partial charge in [0.1, 0.15) is 5.75 Å². The van der Waals surface area contributed by atoms with E-state index in [0.29, 0.717) is 5.75 Å². The van der Waals surface area contributed by atoms with E-state index in [1.54, 1.807) is 6.07 Å². The molecule has 0 bridgehead atoms. The minimum atomic E-state index is 0.108. The molecule has 0 radical (unpaired) electrons. The fourth-order valence-electron chi connectivity index (χ4n) is 1.77. The summed E-state index contributed by atoms with van der Waals surface area (Å²) in [4.78, 5) is 0. The van der Waals surface area contributed by atoms with E-state index in [1.165, 1.54) is 5.56 Å². The van der Waals surface area contributed by atoms with Crippen molar-refractivity contribution in [1.29, 1.82) is 0 Å². The number of aromatic hydroxyl groups is 1. The Labute approximate surface area is 98.6 Å². The Bertz CT molecular complexity index is 385. The third-order valence-electron chi connectivity index (χ3n) is 3.19. The zero-order valence-electron chi connectivity index (χ0n) is 8.89. The first kappa shape index (κ1) is 11.0. The topological polar surface area (TPSA) is 46.2 Å². The Morgan fingerprint density at radius 3 is 2.73 bits per heavy atom. The van der Waals surface area contributed by atoms with Gasteiger partial charge in [-0.2, -0.15) is 0 Å². The maximum Gasteiger partial charge on any atom is 0.130 e. The Balaban J connectivity index is 2.10. The number of hydrogen-bond donors (Lipinski definition) is 2. The fraction of sp³-hybridized carbons (Fsp3) is 0.500. The Morgan fingerprint density at radius 1 is 1.47 bits per heavy atom. The lowest BCUT2D eigenvalue weighted by Crippen LogP contribution is -2.22. The number of aryl methyl sites for hydroxylation is 2. The molecule has 0 aliphatic heterocycles. The molecule has 0 heterocycles. The second-order valence-electron chi connectivity index (χ2n) is 4.59. The van der Waals surface area contributed by atoms with Crippen molar-refractivity contribution in [3.8, 4) is 5.75 Å². The molecule has 1 aliphatic carbocycles. The lowest BCUT2D eigenvalue weighted by atomic mass is 10.00. The highest BCUT2D eigenvalue weighted by Crippen LogP contribution is 2.37. The maximum atomic E-state index is 9.49. The van der Waals surface area contributed by atoms with Crippen LogP contribution in [0.4, 0.5) is 0 Å². The maximum absolute atomic E-state index is 9.49. The van der Waals surface area contributed by atoms with Gasteiger partial charge in [0.2, 0.25) is 0 Å². The van der Waals surface area contributed by atoms with E-state index in [4.69, 9.17) is 5.73 Å². The van der Waals surface area contributed by atoms with Crippen molar-refractivity contribution in [2.75, 3.05) is 0 Å². The number of nitrogens with two attached hydrogens (primary N) is 1. The van der Waals surface area contributed by atoms with Gasteiger partial charge < -0.3 is 10.8 Å². The smallest absolute Gasteiger partial charge is 0.130 e. The molecule has 3 N–H and O–H groups in total. The zero-order chi connectivity index (χ0) is 11.1. The molecule has 1 aliphatic rings. The van der Waals surface area contributed by atoms with Gasteiger partial charge in [0, 0.05) is 5.54 Å². The molecule has 0 unspecified atom stereocenters. The SMILES string of the molecule is Cc1cc(O)c(Br)cc1CCC1(N)CC1. The summed E-state index contributed by atoms with van der Waals surface area (Å²) in [5, 5.41) is 9.49. The predicted molar refractivity (Wildman–Crippen MR) is 65.0 cm³/mol. The van der Waals surface area contributed by atoms with Crippen molar-refractivity contribution in [2.24, 2.45) is 5.73 Å². The Hall–Kier alpha value is -0.540. The molecule has 0 aromatic heterocycles. The van der Waals surface area contributed by atoms with Crippen LogP contribution in [0.3, 0.4) is 0 Å². The molecule has 1 saturated carbocycles. The van der Waals surface area contributed by atoms with Crippen LogP contribution in [0.25, 0.3) is 0 Å². The van der Waals surface area contributed by atoms with Gasteiger partial charge in [-0.25, -0.2) is 0 Å². The average Bonchev–Trinajstić information content (AvgIpc) is 2.89.